The van der Waals surface area contributed by atoms with Gasteiger partial charge < -0.3 is 10.6 Å². The Morgan fingerprint density at radius 2 is 1.82 bits per heavy atom. The molecular formula is C22H26BrN3O2. The molecule has 0 atom stereocenters. The van der Waals surface area contributed by atoms with Crippen molar-refractivity contribution >= 4 is 33.4 Å². The van der Waals surface area contributed by atoms with Crippen molar-refractivity contribution in [2.24, 2.45) is 0 Å². The number of nitrogens with one attached hydrogen (secondary N) is 2. The lowest BCUT2D eigenvalue weighted by atomic mass is 10.0. The third-order valence-corrected chi connectivity index (χ3v) is 5.73. The standard InChI is InChI=1S/C22H26BrN3O2/c1-15-7-8-20(19(23)13-15)25-21(27)14-26-11-9-17(10-12-26)24-22(28)18-6-4-3-5-16(18)2/h3-8,13,17H,9-12,14H2,1-2H3,(H,24,28)(H,25,27). The van der Waals surface area contributed by atoms with Crippen molar-refractivity contribution in [2.45, 2.75) is 32.7 Å². The molecule has 0 bridgehead atoms. The number of carbonyl (C=O) groups is 2. The van der Waals surface area contributed by atoms with Crippen molar-refractivity contribution in [1.82, 2.24) is 10.2 Å². The van der Waals surface area contributed by atoms with Crippen molar-refractivity contribution in [2.75, 3.05) is 25.0 Å². The molecule has 28 heavy (non-hydrogen) atoms. The maximum Gasteiger partial charge on any atom is 0.251 e. The van der Waals surface area contributed by atoms with Crippen LogP contribution in [0.4, 0.5) is 5.69 Å². The molecule has 6 heteroatoms. The summed E-state index contributed by atoms with van der Waals surface area (Å²) in [5.74, 6) is -0.0366. The van der Waals surface area contributed by atoms with E-state index in [9.17, 15) is 9.59 Å². The lowest BCUT2D eigenvalue weighted by Crippen LogP contribution is -2.46. The summed E-state index contributed by atoms with van der Waals surface area (Å²) in [4.78, 5) is 26.9. The number of rotatable bonds is 5. The van der Waals surface area contributed by atoms with Gasteiger partial charge in [0, 0.05) is 29.2 Å². The lowest BCUT2D eigenvalue weighted by molar-refractivity contribution is -0.117. The van der Waals surface area contributed by atoms with Crippen LogP contribution in [-0.4, -0.2) is 42.4 Å². The van der Waals surface area contributed by atoms with E-state index in [2.05, 4.69) is 31.5 Å². The number of piperidine rings is 1. The number of benzene rings is 2. The summed E-state index contributed by atoms with van der Waals surface area (Å²) in [5, 5.41) is 6.09. The van der Waals surface area contributed by atoms with Crippen LogP contribution in [0.5, 0.6) is 0 Å². The van der Waals surface area contributed by atoms with Crippen LogP contribution in [-0.2, 0) is 4.79 Å². The molecule has 0 unspecified atom stereocenters. The minimum atomic E-state index is -0.0213. The van der Waals surface area contributed by atoms with Gasteiger partial charge in [-0.25, -0.2) is 0 Å². The second-order valence-corrected chi connectivity index (χ2v) is 8.22. The Balaban J connectivity index is 1.45. The fourth-order valence-electron chi connectivity index (χ4n) is 3.44. The van der Waals surface area contributed by atoms with Gasteiger partial charge in [0.05, 0.1) is 12.2 Å². The van der Waals surface area contributed by atoms with Gasteiger partial charge in [0.2, 0.25) is 5.91 Å². The first-order valence-corrected chi connectivity index (χ1v) is 10.4. The fourth-order valence-corrected chi connectivity index (χ4v) is 4.03. The van der Waals surface area contributed by atoms with Crippen molar-refractivity contribution < 1.29 is 9.59 Å². The van der Waals surface area contributed by atoms with Gasteiger partial charge >= 0.3 is 0 Å². The van der Waals surface area contributed by atoms with E-state index in [1.54, 1.807) is 0 Å². The Morgan fingerprint density at radius 1 is 1.11 bits per heavy atom. The number of hydrogen-bond acceptors (Lipinski definition) is 3. The number of amides is 2. The molecule has 2 amide bonds. The molecule has 1 saturated heterocycles. The van der Waals surface area contributed by atoms with E-state index < -0.39 is 0 Å². The first-order chi connectivity index (χ1) is 13.4. The highest BCUT2D eigenvalue weighted by atomic mass is 79.9. The van der Waals surface area contributed by atoms with E-state index in [-0.39, 0.29) is 17.9 Å². The summed E-state index contributed by atoms with van der Waals surface area (Å²) in [7, 11) is 0. The molecule has 0 aliphatic carbocycles. The fraction of sp³-hybridized carbons (Fsp3) is 0.364. The first-order valence-electron chi connectivity index (χ1n) is 9.57. The third-order valence-electron chi connectivity index (χ3n) is 5.08. The molecule has 0 saturated carbocycles. The predicted molar refractivity (Wildman–Crippen MR) is 116 cm³/mol. The Kier molecular flexibility index (Phi) is 6.86. The molecule has 1 fully saturated rings. The summed E-state index contributed by atoms with van der Waals surface area (Å²) in [6, 6.07) is 13.6. The van der Waals surface area contributed by atoms with Gasteiger partial charge in [0.1, 0.15) is 0 Å². The number of anilines is 1. The quantitative estimate of drug-likeness (QED) is 0.736. The number of likely N-dealkylation sites (tertiary alicyclic amines) is 1. The van der Waals surface area contributed by atoms with Gasteiger partial charge in [-0.15, -0.1) is 0 Å². The number of hydrogen-bond donors (Lipinski definition) is 2. The minimum Gasteiger partial charge on any atom is -0.349 e. The summed E-state index contributed by atoms with van der Waals surface area (Å²) in [6.45, 7) is 5.90. The molecule has 3 rings (SSSR count). The van der Waals surface area contributed by atoms with Crippen LogP contribution < -0.4 is 10.6 Å². The Labute approximate surface area is 174 Å². The van der Waals surface area contributed by atoms with E-state index >= 15 is 0 Å². The molecule has 1 aliphatic rings. The lowest BCUT2D eigenvalue weighted by Gasteiger charge is -2.32. The van der Waals surface area contributed by atoms with Gasteiger partial charge in [-0.1, -0.05) is 24.3 Å². The average molecular weight is 444 g/mol. The average Bonchev–Trinajstić information content (AvgIpc) is 2.66. The number of aryl methyl sites for hydroxylation is 2. The summed E-state index contributed by atoms with van der Waals surface area (Å²) < 4.78 is 0.887. The zero-order chi connectivity index (χ0) is 20.1. The highest BCUT2D eigenvalue weighted by Gasteiger charge is 2.23. The minimum absolute atomic E-state index is 0.0153. The van der Waals surface area contributed by atoms with Crippen LogP contribution in [0.3, 0.4) is 0 Å². The summed E-state index contributed by atoms with van der Waals surface area (Å²) in [6.07, 6.45) is 1.69. The van der Waals surface area contributed by atoms with Crippen molar-refractivity contribution in [3.8, 4) is 0 Å². The Bertz CT molecular complexity index is 861. The molecule has 1 aliphatic heterocycles. The zero-order valence-corrected chi connectivity index (χ0v) is 17.9. The van der Waals surface area contributed by atoms with E-state index in [1.165, 1.54) is 0 Å². The number of nitrogens with zero attached hydrogens (tertiary/aromatic N) is 1. The Morgan fingerprint density at radius 3 is 2.50 bits per heavy atom. The summed E-state index contributed by atoms with van der Waals surface area (Å²) >= 11 is 3.49. The zero-order valence-electron chi connectivity index (χ0n) is 16.3. The van der Waals surface area contributed by atoms with Gasteiger partial charge in [0.15, 0.2) is 0 Å². The van der Waals surface area contributed by atoms with E-state index in [1.807, 2.05) is 56.3 Å². The second-order valence-electron chi connectivity index (χ2n) is 7.37. The topological polar surface area (TPSA) is 61.4 Å². The smallest absolute Gasteiger partial charge is 0.251 e. The normalized spacial score (nSPS) is 15.2. The largest absolute Gasteiger partial charge is 0.349 e. The SMILES string of the molecule is Cc1ccc(NC(=O)CN2CCC(NC(=O)c3ccccc3C)CC2)c(Br)c1. The molecule has 5 nitrogen and oxygen atoms in total. The maximum atomic E-state index is 12.5. The highest BCUT2D eigenvalue weighted by molar-refractivity contribution is 9.10. The molecule has 0 aromatic heterocycles. The van der Waals surface area contributed by atoms with Crippen LogP contribution in [0.25, 0.3) is 0 Å². The number of carbonyl (C=O) groups excluding carboxylic acids is 2. The molecule has 2 aromatic carbocycles. The molecule has 2 aromatic rings. The van der Waals surface area contributed by atoms with Crippen LogP contribution in [0.1, 0.15) is 34.3 Å². The molecule has 0 radical (unpaired) electrons. The van der Waals surface area contributed by atoms with Crippen LogP contribution >= 0.6 is 15.9 Å². The Hall–Kier alpha value is -2.18. The highest BCUT2D eigenvalue weighted by Crippen LogP contribution is 2.23. The van der Waals surface area contributed by atoms with Crippen molar-refractivity contribution in [3.63, 3.8) is 0 Å². The van der Waals surface area contributed by atoms with Crippen LogP contribution in [0, 0.1) is 13.8 Å². The molecular weight excluding hydrogens is 418 g/mol. The van der Waals surface area contributed by atoms with Crippen LogP contribution in [0.15, 0.2) is 46.9 Å². The van der Waals surface area contributed by atoms with Gasteiger partial charge in [-0.05, 0) is 71.9 Å². The van der Waals surface area contributed by atoms with E-state index in [0.29, 0.717) is 6.54 Å². The van der Waals surface area contributed by atoms with Gasteiger partial charge in [0.25, 0.3) is 5.91 Å². The predicted octanol–water partition coefficient (Wildman–Crippen LogP) is 3.90. The third kappa shape index (κ3) is 5.42. The number of halogens is 1. The molecule has 1 heterocycles. The monoisotopic (exact) mass is 443 g/mol. The van der Waals surface area contributed by atoms with Crippen molar-refractivity contribution in [1.29, 1.82) is 0 Å². The summed E-state index contributed by atoms with van der Waals surface area (Å²) in [5.41, 5.74) is 3.64. The molecule has 2 N–H and O–H groups in total. The van der Waals surface area contributed by atoms with E-state index in [4.69, 9.17) is 0 Å². The van der Waals surface area contributed by atoms with E-state index in [0.717, 1.165) is 52.8 Å². The second kappa shape index (κ2) is 9.34. The first kappa shape index (κ1) is 20.6. The van der Waals surface area contributed by atoms with Crippen molar-refractivity contribution in [3.05, 3.63) is 63.6 Å². The van der Waals surface area contributed by atoms with Crippen LogP contribution in [0.2, 0.25) is 0 Å². The maximum absolute atomic E-state index is 12.5. The van der Waals surface area contributed by atoms with Gasteiger partial charge in [-0.2, -0.15) is 0 Å². The molecule has 0 spiro atoms. The van der Waals surface area contributed by atoms with Gasteiger partial charge in [-0.3, -0.25) is 14.5 Å². The molecule has 148 valence electrons.